The Bertz CT molecular complexity index is 968. The third-order valence-electron chi connectivity index (χ3n) is 5.67. The molecule has 1 N–H and O–H groups in total. The molecule has 1 fully saturated rings. The van der Waals surface area contributed by atoms with Crippen LogP contribution in [0.25, 0.3) is 11.4 Å². The fourth-order valence-corrected chi connectivity index (χ4v) is 3.90. The summed E-state index contributed by atoms with van der Waals surface area (Å²) < 4.78 is 5.45. The summed E-state index contributed by atoms with van der Waals surface area (Å²) in [5, 5.41) is 7.27. The summed E-state index contributed by atoms with van der Waals surface area (Å²) in [7, 11) is 0. The molecule has 1 aliphatic heterocycles. The van der Waals surface area contributed by atoms with Crippen molar-refractivity contribution in [1.29, 1.82) is 0 Å². The molecule has 0 saturated carbocycles. The minimum Gasteiger partial charge on any atom is -0.349 e. The van der Waals surface area contributed by atoms with Crippen LogP contribution in [0.15, 0.2) is 59.1 Å². The maximum atomic E-state index is 12.8. The van der Waals surface area contributed by atoms with Crippen molar-refractivity contribution in [2.45, 2.75) is 39.3 Å². The number of nitrogens with zero attached hydrogens (tertiary/aromatic N) is 3. The summed E-state index contributed by atoms with van der Waals surface area (Å²) in [4.78, 5) is 19.6. The minimum absolute atomic E-state index is 0.00199. The van der Waals surface area contributed by atoms with Gasteiger partial charge in [-0.25, -0.2) is 0 Å². The van der Waals surface area contributed by atoms with Gasteiger partial charge in [-0.3, -0.25) is 9.69 Å². The van der Waals surface area contributed by atoms with E-state index in [1.807, 2.05) is 37.3 Å². The summed E-state index contributed by atoms with van der Waals surface area (Å²) in [5.74, 6) is 1.28. The summed E-state index contributed by atoms with van der Waals surface area (Å²) >= 11 is 0. The molecular weight excluding hydrogens is 376 g/mol. The van der Waals surface area contributed by atoms with E-state index in [0.29, 0.717) is 24.8 Å². The third kappa shape index (κ3) is 4.94. The number of likely N-dealkylation sites (tertiary alicyclic amines) is 1. The number of hydrogen-bond acceptors (Lipinski definition) is 5. The SMILES string of the molecule is Cc1ccc(C(C)NC(=O)C2CCCN(Cc3nc(-c4ccccc4)no3)C2)cc1. The number of hydrogen-bond donors (Lipinski definition) is 1. The molecule has 2 heterocycles. The molecule has 0 bridgehead atoms. The fourth-order valence-electron chi connectivity index (χ4n) is 3.90. The van der Waals surface area contributed by atoms with Crippen molar-refractivity contribution in [2.24, 2.45) is 5.92 Å². The molecule has 0 radical (unpaired) electrons. The Labute approximate surface area is 177 Å². The first-order valence-corrected chi connectivity index (χ1v) is 10.6. The summed E-state index contributed by atoms with van der Waals surface area (Å²) in [5.41, 5.74) is 3.28. The van der Waals surface area contributed by atoms with Gasteiger partial charge in [0.2, 0.25) is 17.6 Å². The largest absolute Gasteiger partial charge is 0.349 e. The van der Waals surface area contributed by atoms with Crippen molar-refractivity contribution in [3.8, 4) is 11.4 Å². The molecule has 1 aromatic heterocycles. The lowest BCUT2D eigenvalue weighted by Gasteiger charge is -2.31. The Morgan fingerprint density at radius 1 is 1.20 bits per heavy atom. The van der Waals surface area contributed by atoms with Crippen molar-refractivity contribution in [3.63, 3.8) is 0 Å². The van der Waals surface area contributed by atoms with Crippen LogP contribution < -0.4 is 5.32 Å². The van der Waals surface area contributed by atoms with Gasteiger partial charge in [-0.15, -0.1) is 0 Å². The highest BCUT2D eigenvalue weighted by atomic mass is 16.5. The maximum Gasteiger partial charge on any atom is 0.241 e. The molecule has 2 aromatic carbocycles. The number of aromatic nitrogens is 2. The normalized spacial score (nSPS) is 18.1. The van der Waals surface area contributed by atoms with Gasteiger partial charge in [0.1, 0.15) is 0 Å². The Hall–Kier alpha value is -2.99. The monoisotopic (exact) mass is 404 g/mol. The molecule has 6 heteroatoms. The molecule has 4 rings (SSSR count). The molecule has 6 nitrogen and oxygen atoms in total. The topological polar surface area (TPSA) is 71.3 Å². The van der Waals surface area contributed by atoms with Gasteiger partial charge < -0.3 is 9.84 Å². The highest BCUT2D eigenvalue weighted by Crippen LogP contribution is 2.22. The average Bonchev–Trinajstić information content (AvgIpc) is 3.23. The fraction of sp³-hybridized carbons (Fsp3) is 0.375. The van der Waals surface area contributed by atoms with Crippen molar-refractivity contribution >= 4 is 5.91 Å². The van der Waals surface area contributed by atoms with Gasteiger partial charge in [0, 0.05) is 12.1 Å². The lowest BCUT2D eigenvalue weighted by Crippen LogP contribution is -2.43. The van der Waals surface area contributed by atoms with Gasteiger partial charge in [0.15, 0.2) is 0 Å². The highest BCUT2D eigenvalue weighted by Gasteiger charge is 2.27. The van der Waals surface area contributed by atoms with Crippen LogP contribution >= 0.6 is 0 Å². The predicted molar refractivity (Wildman–Crippen MR) is 115 cm³/mol. The standard InChI is InChI=1S/C24H28N4O2/c1-17-10-12-19(13-11-17)18(2)25-24(29)21-9-6-14-28(15-21)16-22-26-23(27-30-22)20-7-4-3-5-8-20/h3-5,7-8,10-13,18,21H,6,9,14-16H2,1-2H3,(H,25,29). The second-order valence-corrected chi connectivity index (χ2v) is 8.09. The van der Waals surface area contributed by atoms with E-state index in [4.69, 9.17) is 4.52 Å². The van der Waals surface area contributed by atoms with E-state index >= 15 is 0 Å². The average molecular weight is 405 g/mol. The van der Waals surface area contributed by atoms with Gasteiger partial charge in [-0.2, -0.15) is 4.98 Å². The molecule has 1 saturated heterocycles. The van der Waals surface area contributed by atoms with Crippen LogP contribution in [0.2, 0.25) is 0 Å². The Kier molecular flexibility index (Phi) is 6.23. The van der Waals surface area contributed by atoms with Crippen LogP contribution in [0.3, 0.4) is 0 Å². The quantitative estimate of drug-likeness (QED) is 0.669. The molecule has 3 aromatic rings. The van der Waals surface area contributed by atoms with E-state index in [1.165, 1.54) is 5.56 Å². The molecule has 1 aliphatic rings. The Morgan fingerprint density at radius 3 is 2.73 bits per heavy atom. The van der Waals surface area contributed by atoms with Crippen LogP contribution in [-0.2, 0) is 11.3 Å². The van der Waals surface area contributed by atoms with Crippen LogP contribution in [0.5, 0.6) is 0 Å². The second-order valence-electron chi connectivity index (χ2n) is 8.09. The van der Waals surface area contributed by atoms with E-state index in [0.717, 1.165) is 30.5 Å². The number of carbonyl (C=O) groups is 1. The minimum atomic E-state index is -0.0248. The predicted octanol–water partition coefficient (Wildman–Crippen LogP) is 4.13. The zero-order valence-corrected chi connectivity index (χ0v) is 17.5. The highest BCUT2D eigenvalue weighted by molar-refractivity contribution is 5.79. The smallest absolute Gasteiger partial charge is 0.241 e. The van der Waals surface area contributed by atoms with Crippen LogP contribution in [0.1, 0.15) is 42.8 Å². The van der Waals surface area contributed by atoms with Crippen molar-refractivity contribution in [3.05, 3.63) is 71.6 Å². The summed E-state index contributed by atoms with van der Waals surface area (Å²) in [6.07, 6.45) is 1.89. The molecule has 156 valence electrons. The van der Waals surface area contributed by atoms with Gasteiger partial charge >= 0.3 is 0 Å². The number of amides is 1. The Balaban J connectivity index is 1.33. The second kappa shape index (κ2) is 9.22. The lowest BCUT2D eigenvalue weighted by molar-refractivity contribution is -0.127. The van der Waals surface area contributed by atoms with E-state index in [9.17, 15) is 4.79 Å². The van der Waals surface area contributed by atoms with E-state index in [1.54, 1.807) is 0 Å². The zero-order valence-electron chi connectivity index (χ0n) is 17.5. The molecule has 30 heavy (non-hydrogen) atoms. The van der Waals surface area contributed by atoms with Crippen LogP contribution in [0.4, 0.5) is 0 Å². The number of benzene rings is 2. The van der Waals surface area contributed by atoms with Crippen LogP contribution in [0, 0.1) is 12.8 Å². The lowest BCUT2D eigenvalue weighted by atomic mass is 9.96. The third-order valence-corrected chi connectivity index (χ3v) is 5.67. The number of nitrogens with one attached hydrogen (secondary N) is 1. The van der Waals surface area contributed by atoms with E-state index in [-0.39, 0.29) is 17.9 Å². The van der Waals surface area contributed by atoms with Crippen LogP contribution in [-0.4, -0.2) is 34.0 Å². The van der Waals surface area contributed by atoms with Gasteiger partial charge in [-0.1, -0.05) is 65.3 Å². The number of aryl methyl sites for hydroxylation is 1. The molecular formula is C24H28N4O2. The number of carbonyl (C=O) groups excluding carboxylic acids is 1. The van der Waals surface area contributed by atoms with E-state index < -0.39 is 0 Å². The first-order valence-electron chi connectivity index (χ1n) is 10.6. The number of piperidine rings is 1. The number of rotatable bonds is 6. The van der Waals surface area contributed by atoms with Crippen molar-refractivity contribution in [2.75, 3.05) is 13.1 Å². The van der Waals surface area contributed by atoms with Crippen molar-refractivity contribution < 1.29 is 9.32 Å². The molecule has 2 unspecified atom stereocenters. The molecule has 1 amide bonds. The molecule has 0 spiro atoms. The first kappa shape index (κ1) is 20.3. The maximum absolute atomic E-state index is 12.8. The molecule has 0 aliphatic carbocycles. The van der Waals surface area contributed by atoms with Crippen molar-refractivity contribution in [1.82, 2.24) is 20.4 Å². The van der Waals surface area contributed by atoms with Gasteiger partial charge in [-0.05, 0) is 38.8 Å². The summed E-state index contributed by atoms with van der Waals surface area (Å²) in [6.45, 7) is 6.30. The van der Waals surface area contributed by atoms with E-state index in [2.05, 4.69) is 51.5 Å². The van der Waals surface area contributed by atoms with Gasteiger partial charge in [0.05, 0.1) is 18.5 Å². The van der Waals surface area contributed by atoms with Gasteiger partial charge in [0.25, 0.3) is 0 Å². The molecule has 2 atom stereocenters. The Morgan fingerprint density at radius 2 is 1.97 bits per heavy atom. The zero-order chi connectivity index (χ0) is 20.9. The first-order chi connectivity index (χ1) is 14.6. The summed E-state index contributed by atoms with van der Waals surface area (Å²) in [6, 6.07) is 18.1.